The summed E-state index contributed by atoms with van der Waals surface area (Å²) in [6.45, 7) is 12.3. The van der Waals surface area contributed by atoms with Gasteiger partial charge in [0.25, 0.3) is 0 Å². The van der Waals surface area contributed by atoms with Crippen molar-refractivity contribution >= 4 is 18.0 Å². The minimum absolute atomic E-state index is 0.0370. The summed E-state index contributed by atoms with van der Waals surface area (Å²) in [6, 6.07) is 9.57. The molecule has 8 nitrogen and oxygen atoms in total. The molecule has 0 aliphatic carbocycles. The van der Waals surface area contributed by atoms with Crippen LogP contribution in [0, 0.1) is 0 Å². The predicted octanol–water partition coefficient (Wildman–Crippen LogP) is 4.81. The van der Waals surface area contributed by atoms with Gasteiger partial charge in [-0.25, -0.2) is 9.59 Å². The van der Waals surface area contributed by atoms with Crippen molar-refractivity contribution in [3.63, 3.8) is 0 Å². The maximum absolute atomic E-state index is 12.8. The molecule has 3 rings (SSSR count). The third-order valence-electron chi connectivity index (χ3n) is 4.74. The van der Waals surface area contributed by atoms with E-state index in [1.165, 1.54) is 11.1 Å². The summed E-state index contributed by atoms with van der Waals surface area (Å²) >= 11 is 0. The molecule has 0 unspecified atom stereocenters. The zero-order chi connectivity index (χ0) is 23.7. The molecule has 0 atom stereocenters. The molecule has 1 aromatic carbocycles. The SMILES string of the molecule is CN1CCc2ccc(-c3ccc(N(C(=O)OC(C)(C)C)C(=O)OC(C)(C)C)nn3)cc2C1. The fourth-order valence-corrected chi connectivity index (χ4v) is 3.33. The van der Waals surface area contributed by atoms with Gasteiger partial charge in [0.1, 0.15) is 11.2 Å². The molecule has 2 amide bonds. The topological polar surface area (TPSA) is 84.9 Å². The number of likely N-dealkylation sites (N-methyl/N-ethyl adjacent to an activating group) is 1. The Kier molecular flexibility index (Phi) is 6.55. The number of aromatic nitrogens is 2. The highest BCUT2D eigenvalue weighted by atomic mass is 16.6. The van der Waals surface area contributed by atoms with Gasteiger partial charge in [0.05, 0.1) is 5.69 Å². The van der Waals surface area contributed by atoms with Gasteiger partial charge in [-0.15, -0.1) is 10.2 Å². The molecule has 0 spiro atoms. The molecule has 0 saturated carbocycles. The summed E-state index contributed by atoms with van der Waals surface area (Å²) in [4.78, 5) is 28.6. The second kappa shape index (κ2) is 8.86. The first kappa shape index (κ1) is 23.7. The van der Waals surface area contributed by atoms with E-state index in [9.17, 15) is 9.59 Å². The van der Waals surface area contributed by atoms with Crippen LogP contribution >= 0.6 is 0 Å². The van der Waals surface area contributed by atoms with Crippen LogP contribution < -0.4 is 4.90 Å². The van der Waals surface area contributed by atoms with Crippen molar-refractivity contribution in [2.45, 2.75) is 65.7 Å². The monoisotopic (exact) mass is 440 g/mol. The zero-order valence-corrected chi connectivity index (χ0v) is 19.9. The maximum atomic E-state index is 12.8. The number of amides is 2. The minimum Gasteiger partial charge on any atom is -0.443 e. The average molecular weight is 441 g/mol. The largest absolute Gasteiger partial charge is 0.443 e. The van der Waals surface area contributed by atoms with Crippen LogP contribution in [0.3, 0.4) is 0 Å². The second-order valence-electron chi connectivity index (χ2n) is 10.0. The minimum atomic E-state index is -0.870. The van der Waals surface area contributed by atoms with E-state index in [1.54, 1.807) is 53.7 Å². The summed E-state index contributed by atoms with van der Waals surface area (Å²) in [5.41, 5.74) is 2.61. The Hall–Kier alpha value is -3.00. The van der Waals surface area contributed by atoms with Crippen LogP contribution in [0.5, 0.6) is 0 Å². The van der Waals surface area contributed by atoms with Crippen molar-refractivity contribution in [3.8, 4) is 11.3 Å². The highest BCUT2D eigenvalue weighted by Gasteiger charge is 2.33. The van der Waals surface area contributed by atoms with Crippen LogP contribution in [0.1, 0.15) is 52.7 Å². The lowest BCUT2D eigenvalue weighted by molar-refractivity contribution is 0.0428. The van der Waals surface area contributed by atoms with Crippen molar-refractivity contribution in [1.82, 2.24) is 15.1 Å². The highest BCUT2D eigenvalue weighted by Crippen LogP contribution is 2.26. The van der Waals surface area contributed by atoms with Crippen molar-refractivity contribution < 1.29 is 19.1 Å². The molecule has 0 saturated heterocycles. The number of imide groups is 1. The van der Waals surface area contributed by atoms with Gasteiger partial charge in [-0.05, 0) is 84.3 Å². The van der Waals surface area contributed by atoms with E-state index in [-0.39, 0.29) is 5.82 Å². The Morgan fingerprint density at radius 3 is 2.06 bits per heavy atom. The van der Waals surface area contributed by atoms with Gasteiger partial charge in [-0.2, -0.15) is 4.90 Å². The molecular weight excluding hydrogens is 408 g/mol. The third-order valence-corrected chi connectivity index (χ3v) is 4.74. The molecule has 1 aliphatic rings. The quantitative estimate of drug-likeness (QED) is 0.662. The van der Waals surface area contributed by atoms with Gasteiger partial charge in [0.2, 0.25) is 0 Å². The van der Waals surface area contributed by atoms with Crippen LogP contribution in [-0.4, -0.2) is 52.1 Å². The number of ether oxygens (including phenoxy) is 2. The molecule has 0 fully saturated rings. The zero-order valence-electron chi connectivity index (χ0n) is 19.9. The first-order valence-corrected chi connectivity index (χ1v) is 10.7. The van der Waals surface area contributed by atoms with Crippen LogP contribution in [0.15, 0.2) is 30.3 Å². The Balaban J connectivity index is 1.89. The van der Waals surface area contributed by atoms with Gasteiger partial charge >= 0.3 is 12.2 Å². The Morgan fingerprint density at radius 1 is 0.906 bits per heavy atom. The Labute approximate surface area is 189 Å². The molecule has 32 heavy (non-hydrogen) atoms. The van der Waals surface area contributed by atoms with Crippen LogP contribution in [0.25, 0.3) is 11.3 Å². The number of anilines is 1. The van der Waals surface area contributed by atoms with Crippen molar-refractivity contribution in [2.75, 3.05) is 18.5 Å². The van der Waals surface area contributed by atoms with Gasteiger partial charge in [0.15, 0.2) is 5.82 Å². The third kappa shape index (κ3) is 6.03. The molecule has 1 aliphatic heterocycles. The summed E-state index contributed by atoms with van der Waals surface area (Å²) < 4.78 is 10.8. The molecule has 8 heteroatoms. The number of hydrogen-bond acceptors (Lipinski definition) is 7. The normalized spacial score (nSPS) is 14.5. The number of benzene rings is 1. The first-order chi connectivity index (χ1) is 14.8. The summed E-state index contributed by atoms with van der Waals surface area (Å²) in [7, 11) is 2.10. The smallest absolute Gasteiger partial charge is 0.425 e. The summed E-state index contributed by atoms with van der Waals surface area (Å²) in [5, 5.41) is 8.42. The number of carbonyl (C=O) groups excluding carboxylic acids is 2. The van der Waals surface area contributed by atoms with E-state index >= 15 is 0 Å². The fraction of sp³-hybridized carbons (Fsp3) is 0.500. The fourth-order valence-electron chi connectivity index (χ4n) is 3.33. The van der Waals surface area contributed by atoms with E-state index < -0.39 is 23.4 Å². The number of nitrogens with zero attached hydrogens (tertiary/aromatic N) is 4. The van der Waals surface area contributed by atoms with Crippen molar-refractivity contribution in [2.24, 2.45) is 0 Å². The molecule has 172 valence electrons. The molecule has 2 heterocycles. The lowest BCUT2D eigenvalue weighted by atomic mass is 9.96. The number of hydrogen-bond donors (Lipinski definition) is 0. The number of carbonyl (C=O) groups is 2. The van der Waals surface area contributed by atoms with E-state index in [0.29, 0.717) is 5.69 Å². The average Bonchev–Trinajstić information content (AvgIpc) is 2.65. The standard InChI is InChI=1S/C24H32N4O4/c1-23(2,3)31-21(29)28(22(30)32-24(4,5)6)20-11-10-19(25-26-20)17-9-8-16-12-13-27(7)15-18(16)14-17/h8-11,14H,12-13,15H2,1-7H3. The molecule has 2 aromatic rings. The first-order valence-electron chi connectivity index (χ1n) is 10.7. The number of rotatable bonds is 2. The van der Waals surface area contributed by atoms with Crippen LogP contribution in [-0.2, 0) is 22.4 Å². The predicted molar refractivity (Wildman–Crippen MR) is 122 cm³/mol. The maximum Gasteiger partial charge on any atom is 0.425 e. The van der Waals surface area contributed by atoms with E-state index in [2.05, 4.69) is 34.3 Å². The van der Waals surface area contributed by atoms with Crippen LogP contribution in [0.2, 0.25) is 0 Å². The lowest BCUT2D eigenvalue weighted by Gasteiger charge is -2.27. The second-order valence-corrected chi connectivity index (χ2v) is 10.0. The molecular formula is C24H32N4O4. The molecule has 0 N–H and O–H groups in total. The summed E-state index contributed by atoms with van der Waals surface area (Å²) in [6.07, 6.45) is -0.714. The van der Waals surface area contributed by atoms with Crippen LogP contribution in [0.4, 0.5) is 15.4 Å². The number of fused-ring (bicyclic) bond motifs is 1. The van der Waals surface area contributed by atoms with Crippen molar-refractivity contribution in [1.29, 1.82) is 0 Å². The van der Waals surface area contributed by atoms with Gasteiger partial charge in [-0.3, -0.25) is 0 Å². The lowest BCUT2D eigenvalue weighted by Crippen LogP contribution is -2.44. The van der Waals surface area contributed by atoms with Gasteiger partial charge < -0.3 is 14.4 Å². The van der Waals surface area contributed by atoms with Gasteiger partial charge in [-0.1, -0.05) is 12.1 Å². The van der Waals surface area contributed by atoms with Crippen molar-refractivity contribution in [3.05, 3.63) is 41.5 Å². The molecule has 1 aromatic heterocycles. The van der Waals surface area contributed by atoms with E-state index in [0.717, 1.165) is 30.0 Å². The molecule has 0 bridgehead atoms. The molecule has 0 radical (unpaired) electrons. The van der Waals surface area contributed by atoms with E-state index in [4.69, 9.17) is 9.47 Å². The van der Waals surface area contributed by atoms with Gasteiger partial charge in [0, 0.05) is 18.7 Å². The Morgan fingerprint density at radius 2 is 1.53 bits per heavy atom. The Bertz CT molecular complexity index is 963. The summed E-state index contributed by atoms with van der Waals surface area (Å²) in [5.74, 6) is 0.0370. The highest BCUT2D eigenvalue weighted by molar-refractivity contribution is 6.08. The van der Waals surface area contributed by atoms with E-state index in [1.807, 2.05) is 6.07 Å².